The number of thioether (sulfide) groups is 1. The Labute approximate surface area is 61.9 Å². The van der Waals surface area contributed by atoms with Crippen molar-refractivity contribution in [3.63, 3.8) is 0 Å². The molecule has 0 N–H and O–H groups in total. The average Bonchev–Trinajstić information content (AvgIpc) is 1.83. The normalized spacial score (nSPS) is 10.9. The molecule has 0 amide bonds. The van der Waals surface area contributed by atoms with Crippen molar-refractivity contribution in [1.29, 1.82) is 5.26 Å². The van der Waals surface area contributed by atoms with Crippen LogP contribution < -0.4 is 0 Å². The molecule has 3 heteroatoms. The average molecular weight is 192 g/mol. The molecular formula is C5H6BrNS. The Morgan fingerprint density at radius 3 is 3.00 bits per heavy atom. The predicted octanol–water partition coefficient (Wildman–Crippen LogP) is 2.50. The molecule has 0 aromatic carbocycles. The van der Waals surface area contributed by atoms with E-state index < -0.39 is 0 Å². The minimum atomic E-state index is 0.601. The summed E-state index contributed by atoms with van der Waals surface area (Å²) in [4.78, 5) is 0. The maximum absolute atomic E-state index is 8.18. The van der Waals surface area contributed by atoms with E-state index in [9.17, 15) is 0 Å². The molecule has 0 aliphatic heterocycles. The lowest BCUT2D eigenvalue weighted by atomic mass is 10.7. The molecular weight excluding hydrogens is 186 g/mol. The number of hydrogen-bond acceptors (Lipinski definition) is 2. The van der Waals surface area contributed by atoms with Gasteiger partial charge in [0.15, 0.2) is 0 Å². The third-order valence-electron chi connectivity index (χ3n) is 0.460. The first-order valence-electron chi connectivity index (χ1n) is 2.18. The minimum Gasteiger partial charge on any atom is -0.192 e. The van der Waals surface area contributed by atoms with Gasteiger partial charge in [-0.15, -0.1) is 11.8 Å². The van der Waals surface area contributed by atoms with Gasteiger partial charge in [0.2, 0.25) is 0 Å². The van der Waals surface area contributed by atoms with Crippen LogP contribution >= 0.6 is 27.7 Å². The number of rotatable bonds is 2. The lowest BCUT2D eigenvalue weighted by Crippen LogP contribution is -1.60. The third kappa shape index (κ3) is 4.23. The highest BCUT2D eigenvalue weighted by Crippen LogP contribution is 2.10. The highest BCUT2D eigenvalue weighted by Gasteiger charge is 1.82. The van der Waals surface area contributed by atoms with Crippen LogP contribution in [0.25, 0.3) is 0 Å². The van der Waals surface area contributed by atoms with Crippen LogP contribution in [-0.2, 0) is 0 Å². The smallest absolute Gasteiger partial charge is 0.107 e. The quantitative estimate of drug-likeness (QED) is 0.627. The van der Waals surface area contributed by atoms with Gasteiger partial charge in [-0.2, -0.15) is 5.26 Å². The summed E-state index contributed by atoms with van der Waals surface area (Å²) < 4.78 is 0.601. The first kappa shape index (κ1) is 8.06. The van der Waals surface area contributed by atoms with E-state index >= 15 is 0 Å². The second-order valence-electron chi connectivity index (χ2n) is 1.03. The van der Waals surface area contributed by atoms with Crippen molar-refractivity contribution in [2.45, 2.75) is 6.92 Å². The van der Waals surface area contributed by atoms with Gasteiger partial charge in [0.25, 0.3) is 0 Å². The van der Waals surface area contributed by atoms with Crippen LogP contribution in [0, 0.1) is 11.3 Å². The van der Waals surface area contributed by atoms with E-state index in [1.54, 1.807) is 17.2 Å². The molecule has 0 spiro atoms. The van der Waals surface area contributed by atoms with Gasteiger partial charge in [-0.25, -0.2) is 0 Å². The molecule has 0 atom stereocenters. The Morgan fingerprint density at radius 2 is 2.62 bits per heavy atom. The summed E-state index contributed by atoms with van der Waals surface area (Å²) in [5.41, 5.74) is 0. The summed E-state index contributed by atoms with van der Waals surface area (Å²) in [7, 11) is 0. The van der Waals surface area contributed by atoms with Crippen LogP contribution in [0.3, 0.4) is 0 Å². The molecule has 0 bridgehead atoms. The third-order valence-corrected chi connectivity index (χ3v) is 1.91. The summed E-state index contributed by atoms with van der Waals surface area (Å²) >= 11 is 4.67. The lowest BCUT2D eigenvalue weighted by molar-refractivity contribution is 1.52. The molecule has 0 fully saturated rings. The Morgan fingerprint density at radius 1 is 2.00 bits per heavy atom. The van der Waals surface area contributed by atoms with Gasteiger partial charge in [-0.3, -0.25) is 0 Å². The summed E-state index contributed by atoms with van der Waals surface area (Å²) in [6.45, 7) is 2.04. The summed E-state index contributed by atoms with van der Waals surface area (Å²) in [5, 5.41) is 9.97. The molecule has 0 radical (unpaired) electrons. The highest BCUT2D eigenvalue weighted by molar-refractivity contribution is 9.12. The second-order valence-corrected chi connectivity index (χ2v) is 3.03. The zero-order valence-electron chi connectivity index (χ0n) is 4.52. The SMILES string of the molecule is CCSC=C(Br)C#N. The monoisotopic (exact) mass is 191 g/mol. The Balaban J connectivity index is 3.46. The Bertz CT molecular complexity index is 125. The lowest BCUT2D eigenvalue weighted by Gasteiger charge is -1.81. The maximum Gasteiger partial charge on any atom is 0.107 e. The Hall–Kier alpha value is 0.0600. The van der Waals surface area contributed by atoms with Gasteiger partial charge < -0.3 is 0 Å². The van der Waals surface area contributed by atoms with Crippen LogP contribution in [0.4, 0.5) is 0 Å². The van der Waals surface area contributed by atoms with E-state index in [2.05, 4.69) is 15.9 Å². The van der Waals surface area contributed by atoms with E-state index in [0.29, 0.717) is 4.48 Å². The number of nitrogens with zero attached hydrogens (tertiary/aromatic N) is 1. The fraction of sp³-hybridized carbons (Fsp3) is 0.400. The predicted molar refractivity (Wildman–Crippen MR) is 40.8 cm³/mol. The van der Waals surface area contributed by atoms with Crippen molar-refractivity contribution < 1.29 is 0 Å². The zero-order valence-corrected chi connectivity index (χ0v) is 6.92. The van der Waals surface area contributed by atoms with E-state index in [1.807, 2.05) is 13.0 Å². The van der Waals surface area contributed by atoms with Crippen LogP contribution in [-0.4, -0.2) is 5.75 Å². The summed E-state index contributed by atoms with van der Waals surface area (Å²) in [6.07, 6.45) is 0. The van der Waals surface area contributed by atoms with E-state index in [1.165, 1.54) is 0 Å². The molecule has 1 nitrogen and oxygen atoms in total. The van der Waals surface area contributed by atoms with Gasteiger partial charge in [0, 0.05) is 0 Å². The number of nitriles is 1. The second kappa shape index (κ2) is 5.20. The number of allylic oxidation sites excluding steroid dienone is 1. The van der Waals surface area contributed by atoms with Crippen molar-refractivity contribution in [1.82, 2.24) is 0 Å². The van der Waals surface area contributed by atoms with Gasteiger partial charge in [-0.1, -0.05) is 6.92 Å². The van der Waals surface area contributed by atoms with Crippen molar-refractivity contribution in [3.05, 3.63) is 9.89 Å². The van der Waals surface area contributed by atoms with Crippen molar-refractivity contribution >= 4 is 27.7 Å². The molecule has 44 valence electrons. The van der Waals surface area contributed by atoms with Gasteiger partial charge in [-0.05, 0) is 27.1 Å². The summed E-state index contributed by atoms with van der Waals surface area (Å²) in [5.74, 6) is 1.01. The fourth-order valence-corrected chi connectivity index (χ4v) is 0.945. The molecule has 0 aliphatic carbocycles. The zero-order chi connectivity index (χ0) is 6.41. The Kier molecular flexibility index (Phi) is 5.24. The standard InChI is InChI=1S/C5H6BrNS/c1-2-8-4-5(6)3-7/h4H,2H2,1H3. The molecule has 0 aromatic rings. The van der Waals surface area contributed by atoms with Gasteiger partial charge in [0.1, 0.15) is 10.6 Å². The molecule has 0 aromatic heterocycles. The number of halogens is 1. The van der Waals surface area contributed by atoms with Gasteiger partial charge >= 0.3 is 0 Å². The van der Waals surface area contributed by atoms with E-state index in [0.717, 1.165) is 5.75 Å². The molecule has 8 heavy (non-hydrogen) atoms. The molecule has 0 aliphatic rings. The van der Waals surface area contributed by atoms with Crippen molar-refractivity contribution in [2.24, 2.45) is 0 Å². The molecule has 0 saturated heterocycles. The molecule has 0 saturated carbocycles. The first-order chi connectivity index (χ1) is 3.81. The minimum absolute atomic E-state index is 0.601. The molecule has 0 rings (SSSR count). The first-order valence-corrected chi connectivity index (χ1v) is 4.02. The largest absolute Gasteiger partial charge is 0.192 e. The van der Waals surface area contributed by atoms with Crippen LogP contribution in [0.15, 0.2) is 9.89 Å². The van der Waals surface area contributed by atoms with Crippen LogP contribution in [0.5, 0.6) is 0 Å². The van der Waals surface area contributed by atoms with E-state index in [4.69, 9.17) is 5.26 Å². The van der Waals surface area contributed by atoms with Crippen LogP contribution in [0.2, 0.25) is 0 Å². The molecule has 0 heterocycles. The van der Waals surface area contributed by atoms with E-state index in [-0.39, 0.29) is 0 Å². The van der Waals surface area contributed by atoms with Crippen molar-refractivity contribution in [2.75, 3.05) is 5.75 Å². The fourth-order valence-electron chi connectivity index (χ4n) is 0.183. The summed E-state index contributed by atoms with van der Waals surface area (Å²) in [6, 6.07) is 1.96. The van der Waals surface area contributed by atoms with Crippen molar-refractivity contribution in [3.8, 4) is 6.07 Å². The number of hydrogen-bond donors (Lipinski definition) is 0. The van der Waals surface area contributed by atoms with Gasteiger partial charge in [0.05, 0.1) is 0 Å². The topological polar surface area (TPSA) is 23.8 Å². The van der Waals surface area contributed by atoms with Crippen LogP contribution in [0.1, 0.15) is 6.92 Å². The molecule has 0 unspecified atom stereocenters. The maximum atomic E-state index is 8.18. The highest BCUT2D eigenvalue weighted by atomic mass is 79.9.